The topological polar surface area (TPSA) is 68.7 Å². The van der Waals surface area contributed by atoms with E-state index in [2.05, 4.69) is 40.2 Å². The second kappa shape index (κ2) is 9.21. The normalized spacial score (nSPS) is 14.5. The molecule has 3 aromatic carbocycles. The number of amides is 1. The second-order valence-electron chi connectivity index (χ2n) is 8.40. The summed E-state index contributed by atoms with van der Waals surface area (Å²) < 4.78 is 1.19. The fraction of sp³-hybridized carbons (Fsp3) is 0.231. The standard InChI is InChI=1S/C26H26N4O2S/c1-18-2-11-23-24(16-18)33-26(28-23)19-3-5-20(6-4-19)27-25(32)17-29-12-14-30(15-13-29)21-7-9-22(31)10-8-21/h2-11,16,31H,12-15,17H2,1H3,(H,27,32). The summed E-state index contributed by atoms with van der Waals surface area (Å²) in [6.07, 6.45) is 0. The van der Waals surface area contributed by atoms with Crippen LogP contribution in [0.3, 0.4) is 0 Å². The molecule has 1 fully saturated rings. The Hall–Kier alpha value is -3.42. The molecule has 5 rings (SSSR count). The number of nitrogens with one attached hydrogen (secondary N) is 1. The van der Waals surface area contributed by atoms with Crippen molar-refractivity contribution in [3.05, 3.63) is 72.3 Å². The molecule has 2 heterocycles. The van der Waals surface area contributed by atoms with Crippen molar-refractivity contribution in [2.24, 2.45) is 0 Å². The van der Waals surface area contributed by atoms with Crippen molar-refractivity contribution in [3.8, 4) is 16.3 Å². The first-order valence-electron chi connectivity index (χ1n) is 11.1. The van der Waals surface area contributed by atoms with E-state index in [1.807, 2.05) is 36.4 Å². The molecule has 1 saturated heterocycles. The Labute approximate surface area is 197 Å². The number of hydrogen-bond donors (Lipinski definition) is 2. The summed E-state index contributed by atoms with van der Waals surface area (Å²) in [7, 11) is 0. The third kappa shape index (κ3) is 4.99. The third-order valence-corrected chi connectivity index (χ3v) is 6.98. The summed E-state index contributed by atoms with van der Waals surface area (Å²) in [6, 6.07) is 21.5. The minimum atomic E-state index is -0.00343. The smallest absolute Gasteiger partial charge is 0.238 e. The summed E-state index contributed by atoms with van der Waals surface area (Å²) in [5.41, 5.74) is 5.20. The Morgan fingerprint density at radius 1 is 1.00 bits per heavy atom. The van der Waals surface area contributed by atoms with Crippen LogP contribution < -0.4 is 10.2 Å². The van der Waals surface area contributed by atoms with Gasteiger partial charge in [0, 0.05) is 43.1 Å². The Kier molecular flexibility index (Phi) is 5.98. The zero-order valence-corrected chi connectivity index (χ0v) is 19.3. The molecule has 33 heavy (non-hydrogen) atoms. The van der Waals surface area contributed by atoms with Crippen LogP contribution >= 0.6 is 11.3 Å². The van der Waals surface area contributed by atoms with Gasteiger partial charge in [-0.1, -0.05) is 6.07 Å². The number of benzene rings is 3. The number of hydrogen-bond acceptors (Lipinski definition) is 6. The molecular weight excluding hydrogens is 432 g/mol. The number of carbonyl (C=O) groups excluding carboxylic acids is 1. The van der Waals surface area contributed by atoms with Gasteiger partial charge in [-0.3, -0.25) is 9.69 Å². The van der Waals surface area contributed by atoms with E-state index in [9.17, 15) is 9.90 Å². The maximum atomic E-state index is 12.6. The van der Waals surface area contributed by atoms with Gasteiger partial charge in [-0.05, 0) is 73.2 Å². The van der Waals surface area contributed by atoms with Crippen molar-refractivity contribution in [1.82, 2.24) is 9.88 Å². The number of thiazole rings is 1. The number of rotatable bonds is 5. The zero-order chi connectivity index (χ0) is 22.8. The SMILES string of the molecule is Cc1ccc2nc(-c3ccc(NC(=O)CN4CCN(c5ccc(O)cc5)CC4)cc3)sc2c1. The molecule has 4 aromatic rings. The van der Waals surface area contributed by atoms with Gasteiger partial charge in [-0.2, -0.15) is 0 Å². The molecule has 0 atom stereocenters. The lowest BCUT2D eigenvalue weighted by molar-refractivity contribution is -0.117. The average Bonchev–Trinajstić information content (AvgIpc) is 3.24. The molecule has 7 heteroatoms. The number of fused-ring (bicyclic) bond motifs is 1. The number of nitrogens with zero attached hydrogens (tertiary/aromatic N) is 3. The predicted molar refractivity (Wildman–Crippen MR) is 135 cm³/mol. The highest BCUT2D eigenvalue weighted by molar-refractivity contribution is 7.21. The maximum Gasteiger partial charge on any atom is 0.238 e. The number of phenolic OH excluding ortho intramolecular Hbond substituents is 1. The molecule has 2 N–H and O–H groups in total. The van der Waals surface area contributed by atoms with E-state index >= 15 is 0 Å². The summed E-state index contributed by atoms with van der Waals surface area (Å²) in [6.45, 7) is 5.83. The predicted octanol–water partition coefficient (Wildman–Crippen LogP) is 4.74. The summed E-state index contributed by atoms with van der Waals surface area (Å²) in [5, 5.41) is 13.5. The molecule has 1 amide bonds. The highest BCUT2D eigenvalue weighted by atomic mass is 32.1. The Balaban J connectivity index is 1.14. The average molecular weight is 459 g/mol. The van der Waals surface area contributed by atoms with Crippen LogP contribution in [0.1, 0.15) is 5.56 Å². The molecule has 0 radical (unpaired) electrons. The molecular formula is C26H26N4O2S. The largest absolute Gasteiger partial charge is 0.508 e. The van der Waals surface area contributed by atoms with E-state index in [0.717, 1.165) is 53.6 Å². The van der Waals surface area contributed by atoms with Crippen LogP contribution in [0.15, 0.2) is 66.7 Å². The van der Waals surface area contributed by atoms with Gasteiger partial charge < -0.3 is 15.3 Å². The first kappa shape index (κ1) is 21.4. The Morgan fingerprint density at radius 3 is 2.45 bits per heavy atom. The molecule has 1 aromatic heterocycles. The molecule has 168 valence electrons. The monoisotopic (exact) mass is 458 g/mol. The van der Waals surface area contributed by atoms with Crippen LogP contribution in [0.2, 0.25) is 0 Å². The molecule has 0 saturated carbocycles. The highest BCUT2D eigenvalue weighted by Crippen LogP contribution is 2.31. The van der Waals surface area contributed by atoms with Gasteiger partial charge in [0.15, 0.2) is 0 Å². The quantitative estimate of drug-likeness (QED) is 0.452. The molecule has 1 aliphatic heterocycles. The lowest BCUT2D eigenvalue weighted by atomic mass is 10.2. The van der Waals surface area contributed by atoms with E-state index in [-0.39, 0.29) is 11.7 Å². The maximum absolute atomic E-state index is 12.6. The van der Waals surface area contributed by atoms with Crippen LogP contribution in [0, 0.1) is 6.92 Å². The van der Waals surface area contributed by atoms with Crippen LogP contribution in [0.25, 0.3) is 20.8 Å². The first-order chi connectivity index (χ1) is 16.0. The van der Waals surface area contributed by atoms with Crippen LogP contribution in [0.4, 0.5) is 11.4 Å². The van der Waals surface area contributed by atoms with Crippen molar-refractivity contribution in [1.29, 1.82) is 0 Å². The molecule has 0 spiro atoms. The molecule has 0 unspecified atom stereocenters. The van der Waals surface area contributed by atoms with Crippen molar-refractivity contribution in [3.63, 3.8) is 0 Å². The van der Waals surface area contributed by atoms with E-state index in [1.165, 1.54) is 10.3 Å². The van der Waals surface area contributed by atoms with Gasteiger partial charge >= 0.3 is 0 Å². The first-order valence-corrected chi connectivity index (χ1v) is 11.9. The lowest BCUT2D eigenvalue weighted by Crippen LogP contribution is -2.48. The summed E-state index contributed by atoms with van der Waals surface area (Å²) in [4.78, 5) is 21.7. The van der Waals surface area contributed by atoms with Crippen molar-refractivity contribution < 1.29 is 9.90 Å². The summed E-state index contributed by atoms with van der Waals surface area (Å²) in [5.74, 6) is 0.272. The number of aryl methyl sites for hydroxylation is 1. The lowest BCUT2D eigenvalue weighted by Gasteiger charge is -2.35. The van der Waals surface area contributed by atoms with Crippen LogP contribution in [-0.2, 0) is 4.79 Å². The molecule has 0 aliphatic carbocycles. The van der Waals surface area contributed by atoms with Crippen LogP contribution in [0.5, 0.6) is 5.75 Å². The third-order valence-electron chi connectivity index (χ3n) is 5.91. The summed E-state index contributed by atoms with van der Waals surface area (Å²) >= 11 is 1.69. The number of piperazine rings is 1. The fourth-order valence-electron chi connectivity index (χ4n) is 4.08. The minimum absolute atomic E-state index is 0.00343. The Morgan fingerprint density at radius 2 is 1.73 bits per heavy atom. The van der Waals surface area contributed by atoms with Crippen molar-refractivity contribution in [2.75, 3.05) is 42.9 Å². The van der Waals surface area contributed by atoms with Gasteiger partial charge in [-0.25, -0.2) is 4.98 Å². The Bertz CT molecular complexity index is 1260. The van der Waals surface area contributed by atoms with Gasteiger partial charge in [0.2, 0.25) is 5.91 Å². The van der Waals surface area contributed by atoms with E-state index < -0.39 is 0 Å². The molecule has 6 nitrogen and oxygen atoms in total. The van der Waals surface area contributed by atoms with Crippen molar-refractivity contribution >= 4 is 38.8 Å². The second-order valence-corrected chi connectivity index (χ2v) is 9.43. The van der Waals surface area contributed by atoms with E-state index in [1.54, 1.807) is 23.5 Å². The number of aromatic hydroxyl groups is 1. The number of aromatic nitrogens is 1. The van der Waals surface area contributed by atoms with Crippen LogP contribution in [-0.4, -0.2) is 53.6 Å². The molecule has 1 aliphatic rings. The van der Waals surface area contributed by atoms with E-state index in [0.29, 0.717) is 6.54 Å². The number of carbonyl (C=O) groups is 1. The van der Waals surface area contributed by atoms with Gasteiger partial charge in [0.25, 0.3) is 0 Å². The molecule has 0 bridgehead atoms. The highest BCUT2D eigenvalue weighted by Gasteiger charge is 2.19. The fourth-order valence-corrected chi connectivity index (χ4v) is 5.15. The number of phenols is 1. The zero-order valence-electron chi connectivity index (χ0n) is 18.5. The van der Waals surface area contributed by atoms with Gasteiger partial charge in [-0.15, -0.1) is 11.3 Å². The number of anilines is 2. The van der Waals surface area contributed by atoms with Gasteiger partial charge in [0.1, 0.15) is 10.8 Å². The minimum Gasteiger partial charge on any atom is -0.508 e. The van der Waals surface area contributed by atoms with E-state index in [4.69, 9.17) is 4.98 Å². The van der Waals surface area contributed by atoms with Crippen molar-refractivity contribution in [2.45, 2.75) is 6.92 Å². The van der Waals surface area contributed by atoms with Gasteiger partial charge in [0.05, 0.1) is 16.8 Å².